The van der Waals surface area contributed by atoms with E-state index in [0.29, 0.717) is 22.8 Å². The van der Waals surface area contributed by atoms with E-state index in [2.05, 4.69) is 26.9 Å². The fourth-order valence-electron chi connectivity index (χ4n) is 4.47. The number of benzene rings is 2. The van der Waals surface area contributed by atoms with Gasteiger partial charge in [-0.2, -0.15) is 0 Å². The molecule has 3 heterocycles. The largest absolute Gasteiger partial charge is 0.478 e. The number of carboxylic acids is 1. The second kappa shape index (κ2) is 8.18. The summed E-state index contributed by atoms with van der Waals surface area (Å²) in [4.78, 5) is 20.3. The van der Waals surface area contributed by atoms with Gasteiger partial charge in [-0.05, 0) is 41.8 Å². The number of likely N-dealkylation sites (tertiary alicyclic amines) is 2. The van der Waals surface area contributed by atoms with Crippen LogP contribution in [0, 0.1) is 0 Å². The van der Waals surface area contributed by atoms with Crippen LogP contribution >= 0.6 is 11.3 Å². The molecule has 7 heteroatoms. The number of rotatable bonds is 7. The molecule has 0 aliphatic carbocycles. The zero-order valence-electron chi connectivity index (χ0n) is 16.5. The highest BCUT2D eigenvalue weighted by Gasteiger charge is 2.42. The van der Waals surface area contributed by atoms with Gasteiger partial charge in [0.2, 0.25) is 0 Å². The highest BCUT2D eigenvalue weighted by atomic mass is 32.1. The Morgan fingerprint density at radius 3 is 2.10 bits per heavy atom. The van der Waals surface area contributed by atoms with E-state index in [9.17, 15) is 4.79 Å². The molecular formula is C23H23N3O3S. The van der Waals surface area contributed by atoms with Gasteiger partial charge in [0.25, 0.3) is 5.19 Å². The fraction of sp³-hybridized carbons (Fsp3) is 0.304. The standard InChI is InChI=1S/C23H23N3O3S/c27-22(28)18-5-1-16(2-6-18)12-25-14-20-11-19(25)15-26(20)13-17-3-7-21(8-4-17)29-23-24-9-10-30-23/h1-10,19-20H,11-15H2,(H,27,28)/t19-,20-/m0/s1. The van der Waals surface area contributed by atoms with Crippen molar-refractivity contribution < 1.29 is 14.6 Å². The van der Waals surface area contributed by atoms with E-state index < -0.39 is 5.97 Å². The van der Waals surface area contributed by atoms with E-state index >= 15 is 0 Å². The Hall–Kier alpha value is -2.74. The summed E-state index contributed by atoms with van der Waals surface area (Å²) in [5.41, 5.74) is 2.82. The minimum absolute atomic E-state index is 0.343. The first-order chi connectivity index (χ1) is 14.6. The maximum absolute atomic E-state index is 11.0. The molecule has 5 rings (SSSR count). The Bertz CT molecular complexity index is 1010. The van der Waals surface area contributed by atoms with Crippen molar-refractivity contribution in [2.24, 2.45) is 0 Å². The van der Waals surface area contributed by atoms with Gasteiger partial charge in [-0.25, -0.2) is 9.78 Å². The van der Waals surface area contributed by atoms with Crippen LogP contribution in [-0.4, -0.2) is 51.0 Å². The average Bonchev–Trinajstić information content (AvgIpc) is 3.48. The van der Waals surface area contributed by atoms with Crippen molar-refractivity contribution in [3.05, 3.63) is 76.8 Å². The van der Waals surface area contributed by atoms with E-state index in [-0.39, 0.29) is 0 Å². The van der Waals surface area contributed by atoms with Crippen molar-refractivity contribution in [3.63, 3.8) is 0 Å². The number of carbonyl (C=O) groups is 1. The molecule has 0 unspecified atom stereocenters. The van der Waals surface area contributed by atoms with Crippen molar-refractivity contribution in [3.8, 4) is 10.9 Å². The molecule has 0 saturated carbocycles. The predicted molar refractivity (Wildman–Crippen MR) is 115 cm³/mol. The Balaban J connectivity index is 1.14. The molecule has 6 nitrogen and oxygen atoms in total. The zero-order chi connectivity index (χ0) is 20.5. The number of hydrogen-bond donors (Lipinski definition) is 1. The maximum atomic E-state index is 11.0. The van der Waals surface area contributed by atoms with Crippen molar-refractivity contribution in [1.29, 1.82) is 0 Å². The van der Waals surface area contributed by atoms with Gasteiger partial charge in [0, 0.05) is 49.8 Å². The Labute approximate surface area is 179 Å². The number of hydrogen-bond acceptors (Lipinski definition) is 6. The van der Waals surface area contributed by atoms with Crippen LogP contribution in [0.25, 0.3) is 0 Å². The van der Waals surface area contributed by atoms with Gasteiger partial charge < -0.3 is 9.84 Å². The Morgan fingerprint density at radius 1 is 1.00 bits per heavy atom. The molecule has 2 aliphatic heterocycles. The second-order valence-corrected chi connectivity index (χ2v) is 8.81. The van der Waals surface area contributed by atoms with Gasteiger partial charge in [0.15, 0.2) is 0 Å². The molecule has 2 aromatic carbocycles. The number of thiazole rings is 1. The van der Waals surface area contributed by atoms with E-state index in [1.807, 2.05) is 29.6 Å². The number of aromatic nitrogens is 1. The van der Waals surface area contributed by atoms with Crippen LogP contribution in [0.15, 0.2) is 60.1 Å². The van der Waals surface area contributed by atoms with Gasteiger partial charge in [-0.1, -0.05) is 35.6 Å². The highest BCUT2D eigenvalue weighted by Crippen LogP contribution is 2.33. The van der Waals surface area contributed by atoms with Crippen molar-refractivity contribution in [2.45, 2.75) is 31.6 Å². The minimum Gasteiger partial charge on any atom is -0.478 e. The smallest absolute Gasteiger partial charge is 0.335 e. The third-order valence-electron chi connectivity index (χ3n) is 5.98. The Morgan fingerprint density at radius 2 is 1.60 bits per heavy atom. The molecule has 2 atom stereocenters. The van der Waals surface area contributed by atoms with Gasteiger partial charge in [-0.3, -0.25) is 9.80 Å². The molecule has 1 N–H and O–H groups in total. The van der Waals surface area contributed by atoms with E-state index in [4.69, 9.17) is 9.84 Å². The lowest BCUT2D eigenvalue weighted by molar-refractivity contribution is 0.0697. The first kappa shape index (κ1) is 19.2. The highest BCUT2D eigenvalue weighted by molar-refractivity contribution is 7.11. The maximum Gasteiger partial charge on any atom is 0.335 e. The van der Waals surface area contributed by atoms with Crippen LogP contribution in [0.3, 0.4) is 0 Å². The van der Waals surface area contributed by atoms with Crippen LogP contribution in [0.1, 0.15) is 27.9 Å². The second-order valence-electron chi connectivity index (χ2n) is 7.95. The van der Waals surface area contributed by atoms with Crippen LogP contribution in [-0.2, 0) is 13.1 Å². The van der Waals surface area contributed by atoms with Gasteiger partial charge in [0.05, 0.1) is 5.56 Å². The molecule has 0 amide bonds. The quantitative estimate of drug-likeness (QED) is 0.620. The van der Waals surface area contributed by atoms with Crippen LogP contribution in [0.4, 0.5) is 0 Å². The molecular weight excluding hydrogens is 398 g/mol. The summed E-state index contributed by atoms with van der Waals surface area (Å²) in [5, 5.41) is 11.6. The third-order valence-corrected chi connectivity index (χ3v) is 6.63. The van der Waals surface area contributed by atoms with Crippen LogP contribution in [0.2, 0.25) is 0 Å². The SMILES string of the molecule is O=C(O)c1ccc(CN2C[C@@H]3C[C@H]2CN3Cc2ccc(Oc3nccs3)cc2)cc1. The van der Waals surface area contributed by atoms with E-state index in [0.717, 1.165) is 31.9 Å². The van der Waals surface area contributed by atoms with Crippen molar-refractivity contribution in [1.82, 2.24) is 14.8 Å². The predicted octanol–water partition coefficient (Wildman–Crippen LogP) is 4.09. The molecule has 2 bridgehead atoms. The number of piperazine rings is 1. The summed E-state index contributed by atoms with van der Waals surface area (Å²) in [6.07, 6.45) is 2.95. The van der Waals surface area contributed by atoms with Gasteiger partial charge >= 0.3 is 5.97 Å². The molecule has 154 valence electrons. The molecule has 2 aliphatic rings. The number of carboxylic acid groups (broad SMARTS) is 1. The summed E-state index contributed by atoms with van der Waals surface area (Å²) in [7, 11) is 0. The number of ether oxygens (including phenoxy) is 1. The lowest BCUT2D eigenvalue weighted by Crippen LogP contribution is -2.45. The Kier molecular flexibility index (Phi) is 5.25. The summed E-state index contributed by atoms with van der Waals surface area (Å²) in [6.45, 7) is 3.99. The fourth-order valence-corrected chi connectivity index (χ4v) is 4.97. The first-order valence-electron chi connectivity index (χ1n) is 10.1. The molecule has 2 saturated heterocycles. The van der Waals surface area contributed by atoms with Gasteiger partial charge in [0.1, 0.15) is 5.75 Å². The van der Waals surface area contributed by atoms with Gasteiger partial charge in [-0.15, -0.1) is 0 Å². The molecule has 0 spiro atoms. The molecule has 0 radical (unpaired) electrons. The summed E-state index contributed by atoms with van der Waals surface area (Å²) >= 11 is 1.49. The first-order valence-corrected chi connectivity index (χ1v) is 11.0. The average molecular weight is 422 g/mol. The number of aromatic carboxylic acids is 1. The molecule has 30 heavy (non-hydrogen) atoms. The third kappa shape index (κ3) is 4.09. The lowest BCUT2D eigenvalue weighted by Gasteiger charge is -2.34. The number of nitrogens with zero attached hydrogens (tertiary/aromatic N) is 3. The summed E-state index contributed by atoms with van der Waals surface area (Å²) in [6, 6.07) is 16.7. The summed E-state index contributed by atoms with van der Waals surface area (Å²) in [5.74, 6) is -0.0584. The van der Waals surface area contributed by atoms with Crippen LogP contribution < -0.4 is 4.74 Å². The lowest BCUT2D eigenvalue weighted by atomic mass is 10.1. The molecule has 1 aromatic heterocycles. The van der Waals surface area contributed by atoms with Crippen LogP contribution in [0.5, 0.6) is 10.9 Å². The van der Waals surface area contributed by atoms with E-state index in [1.165, 1.54) is 28.9 Å². The minimum atomic E-state index is -0.875. The monoisotopic (exact) mass is 421 g/mol. The normalized spacial score (nSPS) is 21.2. The summed E-state index contributed by atoms with van der Waals surface area (Å²) < 4.78 is 5.74. The molecule has 2 fully saturated rings. The number of fused-ring (bicyclic) bond motifs is 2. The van der Waals surface area contributed by atoms with Crippen molar-refractivity contribution in [2.75, 3.05) is 13.1 Å². The van der Waals surface area contributed by atoms with E-state index in [1.54, 1.807) is 18.3 Å². The zero-order valence-corrected chi connectivity index (χ0v) is 17.3. The van der Waals surface area contributed by atoms with Crippen molar-refractivity contribution >= 4 is 17.3 Å². The molecule has 3 aromatic rings. The topological polar surface area (TPSA) is 65.9 Å².